The minimum absolute atomic E-state index is 0.0306. The maximum absolute atomic E-state index is 5.46. The second kappa shape index (κ2) is 5.69. The zero-order valence-electron chi connectivity index (χ0n) is 12.5. The van der Waals surface area contributed by atoms with Crippen molar-refractivity contribution in [3.05, 3.63) is 29.6 Å². The zero-order chi connectivity index (χ0) is 14.8. The van der Waals surface area contributed by atoms with Gasteiger partial charge in [-0.3, -0.25) is 0 Å². The lowest BCUT2D eigenvalue weighted by Gasteiger charge is -2.18. The summed E-state index contributed by atoms with van der Waals surface area (Å²) in [6.45, 7) is 3.05. The first-order chi connectivity index (χ1) is 10.1. The highest BCUT2D eigenvalue weighted by atomic mass is 16.7. The molecule has 1 aromatic carbocycles. The Hall–Kier alpha value is -2.15. The fraction of sp³-hybridized carbons (Fsp3) is 0.500. The van der Waals surface area contributed by atoms with Gasteiger partial charge in [-0.25, -0.2) is 0 Å². The van der Waals surface area contributed by atoms with E-state index in [0.717, 1.165) is 30.0 Å². The van der Waals surface area contributed by atoms with Gasteiger partial charge >= 0.3 is 0 Å². The molecule has 0 fully saturated rings. The third-order valence-electron chi connectivity index (χ3n) is 3.44. The first-order valence-corrected chi connectivity index (χ1v) is 6.94. The predicted molar refractivity (Wildman–Crippen MR) is 76.4 cm³/mol. The summed E-state index contributed by atoms with van der Waals surface area (Å²) in [6, 6.07) is 6.00. The molecule has 0 amide bonds. The first-order valence-electron chi connectivity index (χ1n) is 6.94. The molecule has 0 saturated heterocycles. The average molecular weight is 289 g/mol. The van der Waals surface area contributed by atoms with E-state index in [9.17, 15) is 0 Å². The molecule has 3 rings (SSSR count). The van der Waals surface area contributed by atoms with Gasteiger partial charge in [0.15, 0.2) is 17.3 Å². The second-order valence-electron chi connectivity index (χ2n) is 5.38. The Bertz CT molecular complexity index is 626. The molecule has 1 aliphatic rings. The van der Waals surface area contributed by atoms with Crippen LogP contribution in [0.15, 0.2) is 18.2 Å². The van der Waals surface area contributed by atoms with Gasteiger partial charge in [-0.2, -0.15) is 4.80 Å². The maximum Gasteiger partial charge on any atom is 0.231 e. The standard InChI is InChI=1S/C14H19N5O2/c1-10-15-17-19(16-10)12(6-7-18(2)3)11-4-5-13-14(8-11)21-9-20-13/h4-5,8,12H,6-7,9H2,1-3H3. The molecule has 7 nitrogen and oxygen atoms in total. The van der Waals surface area contributed by atoms with Crippen LogP contribution in [0.4, 0.5) is 0 Å². The van der Waals surface area contributed by atoms with E-state index in [2.05, 4.69) is 34.4 Å². The molecule has 21 heavy (non-hydrogen) atoms. The van der Waals surface area contributed by atoms with Crippen molar-refractivity contribution in [1.82, 2.24) is 25.1 Å². The fourth-order valence-electron chi connectivity index (χ4n) is 2.35. The minimum Gasteiger partial charge on any atom is -0.454 e. The van der Waals surface area contributed by atoms with Crippen molar-refractivity contribution >= 4 is 0 Å². The molecule has 0 saturated carbocycles. The highest BCUT2D eigenvalue weighted by Gasteiger charge is 2.21. The number of hydrogen-bond acceptors (Lipinski definition) is 6. The van der Waals surface area contributed by atoms with Gasteiger partial charge in [0, 0.05) is 0 Å². The van der Waals surface area contributed by atoms with Crippen molar-refractivity contribution in [3.63, 3.8) is 0 Å². The molecule has 0 radical (unpaired) electrons. The van der Waals surface area contributed by atoms with Crippen molar-refractivity contribution < 1.29 is 9.47 Å². The number of tetrazole rings is 1. The smallest absolute Gasteiger partial charge is 0.231 e. The molecule has 1 unspecified atom stereocenters. The van der Waals surface area contributed by atoms with Crippen LogP contribution in [0.3, 0.4) is 0 Å². The number of aromatic nitrogens is 4. The Morgan fingerprint density at radius 3 is 2.81 bits per heavy atom. The van der Waals surface area contributed by atoms with Crippen molar-refractivity contribution in [2.24, 2.45) is 0 Å². The summed E-state index contributed by atoms with van der Waals surface area (Å²) < 4.78 is 10.8. The Balaban J connectivity index is 1.90. The molecule has 1 atom stereocenters. The molecule has 2 aromatic rings. The summed E-state index contributed by atoms with van der Waals surface area (Å²) in [7, 11) is 4.10. The van der Waals surface area contributed by atoms with E-state index in [-0.39, 0.29) is 12.8 Å². The van der Waals surface area contributed by atoms with Gasteiger partial charge in [-0.1, -0.05) is 6.07 Å². The van der Waals surface area contributed by atoms with Crippen LogP contribution >= 0.6 is 0 Å². The Kier molecular flexibility index (Phi) is 3.74. The summed E-state index contributed by atoms with van der Waals surface area (Å²) in [6.07, 6.45) is 0.891. The van der Waals surface area contributed by atoms with Gasteiger partial charge in [-0.05, 0) is 56.9 Å². The molecule has 0 bridgehead atoms. The number of benzene rings is 1. The Morgan fingerprint density at radius 2 is 2.10 bits per heavy atom. The molecule has 0 spiro atoms. The van der Waals surface area contributed by atoms with Crippen LogP contribution in [0.1, 0.15) is 23.9 Å². The number of hydrogen-bond donors (Lipinski definition) is 0. The third kappa shape index (κ3) is 2.97. The predicted octanol–water partition coefficient (Wildman–Crippen LogP) is 1.25. The van der Waals surface area contributed by atoms with Crippen molar-refractivity contribution in [2.75, 3.05) is 27.4 Å². The number of aryl methyl sites for hydroxylation is 1. The lowest BCUT2D eigenvalue weighted by Crippen LogP contribution is -2.21. The van der Waals surface area contributed by atoms with E-state index in [1.165, 1.54) is 0 Å². The van der Waals surface area contributed by atoms with Gasteiger partial charge in [0.1, 0.15) is 0 Å². The van der Waals surface area contributed by atoms with Crippen LogP contribution in [0.2, 0.25) is 0 Å². The van der Waals surface area contributed by atoms with Crippen LogP contribution in [-0.4, -0.2) is 52.5 Å². The van der Waals surface area contributed by atoms with Crippen LogP contribution in [0.25, 0.3) is 0 Å². The highest BCUT2D eigenvalue weighted by molar-refractivity contribution is 5.45. The van der Waals surface area contributed by atoms with Gasteiger partial charge < -0.3 is 14.4 Å². The Labute approximate surface area is 123 Å². The fourth-order valence-corrected chi connectivity index (χ4v) is 2.35. The van der Waals surface area contributed by atoms with Gasteiger partial charge in [-0.15, -0.1) is 10.2 Å². The molecule has 2 heterocycles. The number of nitrogens with zero attached hydrogens (tertiary/aromatic N) is 5. The summed E-state index contributed by atoms with van der Waals surface area (Å²) >= 11 is 0. The van der Waals surface area contributed by atoms with Gasteiger partial charge in [0.2, 0.25) is 6.79 Å². The van der Waals surface area contributed by atoms with Crippen molar-refractivity contribution in [2.45, 2.75) is 19.4 Å². The topological polar surface area (TPSA) is 65.3 Å². The molecule has 112 valence electrons. The number of ether oxygens (including phenoxy) is 2. The van der Waals surface area contributed by atoms with E-state index in [1.54, 1.807) is 4.80 Å². The lowest BCUT2D eigenvalue weighted by molar-refractivity contribution is 0.174. The molecule has 1 aromatic heterocycles. The van der Waals surface area contributed by atoms with Crippen LogP contribution in [0.5, 0.6) is 11.5 Å². The summed E-state index contributed by atoms with van der Waals surface area (Å²) in [5.74, 6) is 2.23. The summed E-state index contributed by atoms with van der Waals surface area (Å²) in [5, 5.41) is 12.5. The number of rotatable bonds is 5. The minimum atomic E-state index is 0.0306. The van der Waals surface area contributed by atoms with Gasteiger partial charge in [0.25, 0.3) is 0 Å². The molecule has 7 heteroatoms. The quantitative estimate of drug-likeness (QED) is 0.825. The third-order valence-corrected chi connectivity index (χ3v) is 3.44. The van der Waals surface area contributed by atoms with E-state index in [0.29, 0.717) is 5.82 Å². The van der Waals surface area contributed by atoms with E-state index >= 15 is 0 Å². The van der Waals surface area contributed by atoms with Crippen molar-refractivity contribution in [1.29, 1.82) is 0 Å². The molecule has 0 aliphatic carbocycles. The van der Waals surface area contributed by atoms with Crippen LogP contribution in [-0.2, 0) is 0 Å². The SMILES string of the molecule is Cc1nnn(C(CCN(C)C)c2ccc3c(c2)OCO3)n1. The maximum atomic E-state index is 5.46. The second-order valence-corrected chi connectivity index (χ2v) is 5.38. The van der Waals surface area contributed by atoms with E-state index in [1.807, 2.05) is 25.1 Å². The average Bonchev–Trinajstić information content (AvgIpc) is 3.07. The normalized spacial score (nSPS) is 14.7. The highest BCUT2D eigenvalue weighted by Crippen LogP contribution is 2.35. The van der Waals surface area contributed by atoms with Crippen LogP contribution < -0.4 is 9.47 Å². The van der Waals surface area contributed by atoms with Crippen LogP contribution in [0, 0.1) is 6.92 Å². The summed E-state index contributed by atoms with van der Waals surface area (Å²) in [4.78, 5) is 3.82. The zero-order valence-corrected chi connectivity index (χ0v) is 12.5. The largest absolute Gasteiger partial charge is 0.454 e. The molecule has 0 N–H and O–H groups in total. The lowest BCUT2D eigenvalue weighted by atomic mass is 10.0. The molecular weight excluding hydrogens is 270 g/mol. The van der Waals surface area contributed by atoms with E-state index in [4.69, 9.17) is 9.47 Å². The monoisotopic (exact) mass is 289 g/mol. The molecule has 1 aliphatic heterocycles. The first kappa shape index (κ1) is 13.8. The molecular formula is C14H19N5O2. The van der Waals surface area contributed by atoms with Gasteiger partial charge in [0.05, 0.1) is 6.04 Å². The number of fused-ring (bicyclic) bond motifs is 1. The Morgan fingerprint density at radius 1 is 1.29 bits per heavy atom. The summed E-state index contributed by atoms with van der Waals surface area (Å²) in [5.41, 5.74) is 1.10. The van der Waals surface area contributed by atoms with Crippen molar-refractivity contribution in [3.8, 4) is 11.5 Å². The van der Waals surface area contributed by atoms with E-state index < -0.39 is 0 Å².